The average Bonchev–Trinajstić information content (AvgIpc) is 2.89. The zero-order valence-electron chi connectivity index (χ0n) is 10.6. The number of pyridine rings is 1. The molecule has 0 saturated carbocycles. The lowest BCUT2D eigenvalue weighted by Crippen LogP contribution is -2.40. The van der Waals surface area contributed by atoms with E-state index >= 15 is 0 Å². The van der Waals surface area contributed by atoms with Crippen LogP contribution >= 0.6 is 0 Å². The molecular formula is C14H18N4. The summed E-state index contributed by atoms with van der Waals surface area (Å²) in [5.41, 5.74) is 2.36. The molecule has 1 saturated heterocycles. The van der Waals surface area contributed by atoms with Crippen molar-refractivity contribution in [2.24, 2.45) is 0 Å². The Kier molecular flexibility index (Phi) is 3.11. The van der Waals surface area contributed by atoms with Crippen molar-refractivity contribution in [2.45, 2.75) is 31.8 Å². The molecule has 18 heavy (non-hydrogen) atoms. The number of hydrogen-bond donors (Lipinski definition) is 1. The van der Waals surface area contributed by atoms with Crippen LogP contribution in [0.2, 0.25) is 0 Å². The molecule has 2 atom stereocenters. The number of hydrogen-bond acceptors (Lipinski definition) is 3. The zero-order valence-corrected chi connectivity index (χ0v) is 10.6. The Hall–Kier alpha value is -1.68. The highest BCUT2D eigenvalue weighted by Crippen LogP contribution is 2.28. The first-order valence-electron chi connectivity index (χ1n) is 6.52. The minimum atomic E-state index is 0.490. The second-order valence-corrected chi connectivity index (χ2v) is 4.87. The lowest BCUT2D eigenvalue weighted by molar-refractivity contribution is 0.297. The first-order valence-corrected chi connectivity index (χ1v) is 6.52. The van der Waals surface area contributed by atoms with Crippen LogP contribution in [0.5, 0.6) is 0 Å². The quantitative estimate of drug-likeness (QED) is 0.878. The van der Waals surface area contributed by atoms with Gasteiger partial charge in [-0.05, 0) is 38.4 Å². The molecule has 2 aromatic rings. The summed E-state index contributed by atoms with van der Waals surface area (Å²) in [7, 11) is 0. The highest BCUT2D eigenvalue weighted by molar-refractivity contribution is 5.58. The van der Waals surface area contributed by atoms with Crippen molar-refractivity contribution in [3.05, 3.63) is 37.1 Å². The van der Waals surface area contributed by atoms with Crippen LogP contribution in [0.25, 0.3) is 11.3 Å². The Balaban J connectivity index is 1.96. The smallest absolute Gasteiger partial charge is 0.0954 e. The molecule has 1 N–H and O–H groups in total. The molecule has 3 heterocycles. The maximum absolute atomic E-state index is 4.32. The van der Waals surface area contributed by atoms with E-state index in [1.54, 1.807) is 0 Å². The van der Waals surface area contributed by atoms with Gasteiger partial charge in [0.1, 0.15) is 0 Å². The van der Waals surface area contributed by atoms with E-state index in [0.29, 0.717) is 12.1 Å². The minimum absolute atomic E-state index is 0.490. The van der Waals surface area contributed by atoms with Gasteiger partial charge >= 0.3 is 0 Å². The van der Waals surface area contributed by atoms with Crippen molar-refractivity contribution in [3.63, 3.8) is 0 Å². The fourth-order valence-corrected chi connectivity index (χ4v) is 2.72. The van der Waals surface area contributed by atoms with E-state index in [-0.39, 0.29) is 0 Å². The fourth-order valence-electron chi connectivity index (χ4n) is 2.72. The summed E-state index contributed by atoms with van der Waals surface area (Å²) in [4.78, 5) is 8.39. The summed E-state index contributed by atoms with van der Waals surface area (Å²) in [6.07, 6.45) is 9.98. The van der Waals surface area contributed by atoms with Crippen molar-refractivity contribution in [3.8, 4) is 11.3 Å². The minimum Gasteiger partial charge on any atom is -0.326 e. The Bertz CT molecular complexity index is 506. The van der Waals surface area contributed by atoms with E-state index in [2.05, 4.69) is 26.8 Å². The fraction of sp³-hybridized carbons (Fsp3) is 0.429. The van der Waals surface area contributed by atoms with Crippen LogP contribution in [-0.4, -0.2) is 27.1 Å². The van der Waals surface area contributed by atoms with Gasteiger partial charge in [0.15, 0.2) is 0 Å². The van der Waals surface area contributed by atoms with Crippen molar-refractivity contribution in [2.75, 3.05) is 6.54 Å². The number of nitrogens with zero attached hydrogens (tertiary/aromatic N) is 3. The van der Waals surface area contributed by atoms with Crippen LogP contribution < -0.4 is 5.32 Å². The molecule has 1 fully saturated rings. The number of nitrogens with one attached hydrogen (secondary N) is 1. The van der Waals surface area contributed by atoms with E-state index in [0.717, 1.165) is 6.54 Å². The molecule has 4 heteroatoms. The van der Waals surface area contributed by atoms with Gasteiger partial charge in [0.25, 0.3) is 0 Å². The molecule has 1 aliphatic rings. The second kappa shape index (κ2) is 4.90. The molecule has 2 aromatic heterocycles. The highest BCUT2D eigenvalue weighted by atomic mass is 15.1. The van der Waals surface area contributed by atoms with Gasteiger partial charge in [-0.1, -0.05) is 0 Å². The first-order chi connectivity index (χ1) is 8.86. The van der Waals surface area contributed by atoms with Crippen molar-refractivity contribution in [1.29, 1.82) is 0 Å². The average molecular weight is 242 g/mol. The van der Waals surface area contributed by atoms with Gasteiger partial charge in [-0.15, -0.1) is 0 Å². The van der Waals surface area contributed by atoms with Crippen LogP contribution in [0.4, 0.5) is 0 Å². The third-order valence-corrected chi connectivity index (χ3v) is 3.72. The summed E-state index contributed by atoms with van der Waals surface area (Å²) in [6.45, 7) is 3.37. The molecule has 0 amide bonds. The first kappa shape index (κ1) is 11.4. The van der Waals surface area contributed by atoms with E-state index in [9.17, 15) is 0 Å². The van der Waals surface area contributed by atoms with Gasteiger partial charge in [-0.3, -0.25) is 4.98 Å². The van der Waals surface area contributed by atoms with Gasteiger partial charge < -0.3 is 9.88 Å². The second-order valence-electron chi connectivity index (χ2n) is 4.87. The van der Waals surface area contributed by atoms with Crippen molar-refractivity contribution < 1.29 is 0 Å². The maximum atomic E-state index is 4.32. The summed E-state index contributed by atoms with van der Waals surface area (Å²) < 4.78 is 2.30. The largest absolute Gasteiger partial charge is 0.326 e. The molecule has 94 valence electrons. The SMILES string of the molecule is CC1NCCCC1n1cncc1-c1ccncc1. The van der Waals surface area contributed by atoms with E-state index in [4.69, 9.17) is 0 Å². The predicted molar refractivity (Wildman–Crippen MR) is 71.2 cm³/mol. The molecule has 0 bridgehead atoms. The molecule has 0 aromatic carbocycles. The molecule has 0 radical (unpaired) electrons. The van der Waals surface area contributed by atoms with E-state index < -0.39 is 0 Å². The van der Waals surface area contributed by atoms with Crippen LogP contribution in [0.15, 0.2) is 37.1 Å². The van der Waals surface area contributed by atoms with Gasteiger partial charge in [0.05, 0.1) is 24.3 Å². The van der Waals surface area contributed by atoms with Gasteiger partial charge in [0, 0.05) is 24.0 Å². The van der Waals surface area contributed by atoms with Crippen LogP contribution in [-0.2, 0) is 0 Å². The zero-order chi connectivity index (χ0) is 12.4. The highest BCUT2D eigenvalue weighted by Gasteiger charge is 2.24. The van der Waals surface area contributed by atoms with E-state index in [1.807, 2.05) is 37.1 Å². The number of piperidine rings is 1. The van der Waals surface area contributed by atoms with Crippen LogP contribution in [0.1, 0.15) is 25.8 Å². The Morgan fingerprint density at radius 2 is 2.11 bits per heavy atom. The molecule has 1 aliphatic heterocycles. The summed E-state index contributed by atoms with van der Waals surface area (Å²) in [5.74, 6) is 0. The molecule has 3 rings (SSSR count). The molecule has 2 unspecified atom stereocenters. The molecule has 0 aliphatic carbocycles. The Morgan fingerprint density at radius 1 is 1.28 bits per heavy atom. The summed E-state index contributed by atoms with van der Waals surface area (Å²) >= 11 is 0. The topological polar surface area (TPSA) is 42.7 Å². The lowest BCUT2D eigenvalue weighted by Gasteiger charge is -2.32. The third-order valence-electron chi connectivity index (χ3n) is 3.72. The lowest BCUT2D eigenvalue weighted by atomic mass is 9.99. The van der Waals surface area contributed by atoms with Crippen molar-refractivity contribution >= 4 is 0 Å². The van der Waals surface area contributed by atoms with Crippen molar-refractivity contribution in [1.82, 2.24) is 19.9 Å². The van der Waals surface area contributed by atoms with Gasteiger partial charge in [0.2, 0.25) is 0 Å². The normalized spacial score (nSPS) is 24.1. The van der Waals surface area contributed by atoms with Crippen LogP contribution in [0, 0.1) is 0 Å². The summed E-state index contributed by atoms with van der Waals surface area (Å²) in [6, 6.07) is 5.06. The third kappa shape index (κ3) is 2.04. The monoisotopic (exact) mass is 242 g/mol. The molecular weight excluding hydrogens is 224 g/mol. The molecule has 4 nitrogen and oxygen atoms in total. The number of aromatic nitrogens is 3. The van der Waals surface area contributed by atoms with Gasteiger partial charge in [-0.25, -0.2) is 4.98 Å². The van der Waals surface area contributed by atoms with Gasteiger partial charge in [-0.2, -0.15) is 0 Å². The predicted octanol–water partition coefficient (Wildman–Crippen LogP) is 2.26. The standard InChI is InChI=1S/C14H18N4/c1-11-13(3-2-6-17-11)18-10-16-9-14(18)12-4-7-15-8-5-12/h4-5,7-11,13,17H,2-3,6H2,1H3. The maximum Gasteiger partial charge on any atom is 0.0954 e. The number of imidazole rings is 1. The molecule has 0 spiro atoms. The Morgan fingerprint density at radius 3 is 2.89 bits per heavy atom. The van der Waals surface area contributed by atoms with E-state index in [1.165, 1.54) is 24.1 Å². The Labute approximate surface area is 107 Å². The number of rotatable bonds is 2. The van der Waals surface area contributed by atoms with Crippen LogP contribution in [0.3, 0.4) is 0 Å². The summed E-state index contributed by atoms with van der Waals surface area (Å²) in [5, 5.41) is 3.54.